The normalized spacial score (nSPS) is 10.2. The lowest BCUT2D eigenvalue weighted by atomic mass is 10.1. The van der Waals surface area contributed by atoms with Crippen LogP contribution in [0, 0.1) is 0 Å². The van der Waals surface area contributed by atoms with Crippen molar-refractivity contribution >= 4 is 17.3 Å². The first-order chi connectivity index (χ1) is 8.22. The summed E-state index contributed by atoms with van der Waals surface area (Å²) in [5.74, 6) is -0.116. The zero-order valence-corrected chi connectivity index (χ0v) is 10.2. The van der Waals surface area contributed by atoms with Gasteiger partial charge in [0.2, 0.25) is 0 Å². The highest BCUT2D eigenvalue weighted by Crippen LogP contribution is 2.34. The van der Waals surface area contributed by atoms with E-state index >= 15 is 0 Å². The molecule has 2 aromatic rings. The third-order valence-electron chi connectivity index (χ3n) is 2.30. The molecule has 2 rings (SSSR count). The van der Waals surface area contributed by atoms with Gasteiger partial charge in [-0.3, -0.25) is 0 Å². The minimum absolute atomic E-state index is 0.316. The van der Waals surface area contributed by atoms with Crippen LogP contribution in [0.5, 0.6) is 5.75 Å². The lowest BCUT2D eigenvalue weighted by Crippen LogP contribution is -1.93. The second kappa shape index (κ2) is 5.01. The van der Waals surface area contributed by atoms with E-state index in [0.717, 1.165) is 16.2 Å². The standard InChI is InChI=1S/C13H12O3S/c1-2-16-11-6-4-3-5-10(11)12-7-9(8-17-12)13(14)15/h3-8H,2H2,1H3,(H,14,15). The zero-order valence-electron chi connectivity index (χ0n) is 9.34. The van der Waals surface area contributed by atoms with Gasteiger partial charge in [0.25, 0.3) is 0 Å². The van der Waals surface area contributed by atoms with Crippen LogP contribution in [-0.2, 0) is 0 Å². The first-order valence-electron chi connectivity index (χ1n) is 5.26. The van der Waals surface area contributed by atoms with Gasteiger partial charge in [0.15, 0.2) is 0 Å². The molecule has 0 atom stereocenters. The smallest absolute Gasteiger partial charge is 0.336 e. The van der Waals surface area contributed by atoms with Crippen molar-refractivity contribution in [1.82, 2.24) is 0 Å². The van der Waals surface area contributed by atoms with Crippen LogP contribution in [0.15, 0.2) is 35.7 Å². The van der Waals surface area contributed by atoms with E-state index in [1.54, 1.807) is 11.4 Å². The lowest BCUT2D eigenvalue weighted by Gasteiger charge is -2.07. The van der Waals surface area contributed by atoms with Crippen molar-refractivity contribution in [3.63, 3.8) is 0 Å². The van der Waals surface area contributed by atoms with Crippen LogP contribution in [0.3, 0.4) is 0 Å². The SMILES string of the molecule is CCOc1ccccc1-c1cc(C(=O)O)cs1. The Hall–Kier alpha value is -1.81. The number of para-hydroxylation sites is 1. The molecule has 4 heteroatoms. The number of carboxylic acid groups (broad SMARTS) is 1. The molecule has 17 heavy (non-hydrogen) atoms. The second-order valence-corrected chi connectivity index (χ2v) is 4.35. The summed E-state index contributed by atoms with van der Waals surface area (Å²) in [4.78, 5) is 11.7. The molecule has 0 unspecified atom stereocenters. The van der Waals surface area contributed by atoms with Crippen molar-refractivity contribution in [2.45, 2.75) is 6.92 Å². The predicted octanol–water partition coefficient (Wildman–Crippen LogP) is 3.51. The summed E-state index contributed by atoms with van der Waals surface area (Å²) >= 11 is 1.41. The number of carboxylic acids is 1. The average Bonchev–Trinajstić information content (AvgIpc) is 2.79. The predicted molar refractivity (Wildman–Crippen MR) is 67.9 cm³/mol. The fraction of sp³-hybridized carbons (Fsp3) is 0.154. The summed E-state index contributed by atoms with van der Waals surface area (Å²) in [5, 5.41) is 10.5. The highest BCUT2D eigenvalue weighted by molar-refractivity contribution is 7.13. The Balaban J connectivity index is 2.41. The number of rotatable bonds is 4. The molecule has 1 aromatic carbocycles. The minimum Gasteiger partial charge on any atom is -0.493 e. The Morgan fingerprint density at radius 3 is 2.82 bits per heavy atom. The van der Waals surface area contributed by atoms with Crippen LogP contribution in [0.25, 0.3) is 10.4 Å². The molecule has 0 amide bonds. The van der Waals surface area contributed by atoms with Gasteiger partial charge in [-0.1, -0.05) is 12.1 Å². The highest BCUT2D eigenvalue weighted by atomic mass is 32.1. The summed E-state index contributed by atoms with van der Waals surface area (Å²) in [5.41, 5.74) is 1.25. The van der Waals surface area contributed by atoms with Gasteiger partial charge in [0, 0.05) is 15.8 Å². The van der Waals surface area contributed by atoms with E-state index in [1.807, 2.05) is 31.2 Å². The van der Waals surface area contributed by atoms with Crippen LogP contribution in [0.1, 0.15) is 17.3 Å². The van der Waals surface area contributed by atoms with Gasteiger partial charge < -0.3 is 9.84 Å². The summed E-state index contributed by atoms with van der Waals surface area (Å²) in [7, 11) is 0. The lowest BCUT2D eigenvalue weighted by molar-refractivity contribution is 0.0697. The fourth-order valence-electron chi connectivity index (χ4n) is 1.54. The van der Waals surface area contributed by atoms with Gasteiger partial charge in [-0.15, -0.1) is 11.3 Å². The molecule has 0 aliphatic carbocycles. The van der Waals surface area contributed by atoms with Gasteiger partial charge in [0.1, 0.15) is 5.75 Å². The molecular formula is C13H12O3S. The molecule has 0 bridgehead atoms. The van der Waals surface area contributed by atoms with E-state index in [-0.39, 0.29) is 0 Å². The molecule has 0 aliphatic heterocycles. The Morgan fingerprint density at radius 1 is 1.41 bits per heavy atom. The summed E-state index contributed by atoms with van der Waals surface area (Å²) in [6.07, 6.45) is 0. The Morgan fingerprint density at radius 2 is 2.18 bits per heavy atom. The minimum atomic E-state index is -0.901. The average molecular weight is 248 g/mol. The van der Waals surface area contributed by atoms with Crippen LogP contribution < -0.4 is 4.74 Å². The van der Waals surface area contributed by atoms with Gasteiger partial charge in [-0.25, -0.2) is 4.79 Å². The van der Waals surface area contributed by atoms with E-state index < -0.39 is 5.97 Å². The van der Waals surface area contributed by atoms with Crippen molar-refractivity contribution in [2.75, 3.05) is 6.61 Å². The molecule has 0 radical (unpaired) electrons. The Labute approximate surface area is 103 Å². The van der Waals surface area contributed by atoms with Crippen LogP contribution in [0.2, 0.25) is 0 Å². The fourth-order valence-corrected chi connectivity index (χ4v) is 2.45. The van der Waals surface area contributed by atoms with Crippen molar-refractivity contribution in [1.29, 1.82) is 0 Å². The van der Waals surface area contributed by atoms with Crippen molar-refractivity contribution < 1.29 is 14.6 Å². The molecule has 0 spiro atoms. The van der Waals surface area contributed by atoms with Gasteiger partial charge in [0.05, 0.1) is 12.2 Å². The van der Waals surface area contributed by atoms with E-state index in [0.29, 0.717) is 12.2 Å². The highest BCUT2D eigenvalue weighted by Gasteiger charge is 2.11. The number of hydrogen-bond donors (Lipinski definition) is 1. The van der Waals surface area contributed by atoms with E-state index in [1.165, 1.54) is 11.3 Å². The van der Waals surface area contributed by atoms with Crippen molar-refractivity contribution in [2.24, 2.45) is 0 Å². The third kappa shape index (κ3) is 2.47. The van der Waals surface area contributed by atoms with Crippen LogP contribution in [-0.4, -0.2) is 17.7 Å². The number of hydrogen-bond acceptors (Lipinski definition) is 3. The molecule has 0 fully saturated rings. The number of thiophene rings is 1. The first-order valence-corrected chi connectivity index (χ1v) is 6.14. The number of ether oxygens (including phenoxy) is 1. The Kier molecular flexibility index (Phi) is 3.44. The monoisotopic (exact) mass is 248 g/mol. The molecule has 1 heterocycles. The zero-order chi connectivity index (χ0) is 12.3. The van der Waals surface area contributed by atoms with Gasteiger partial charge in [-0.2, -0.15) is 0 Å². The van der Waals surface area contributed by atoms with Crippen LogP contribution in [0.4, 0.5) is 0 Å². The third-order valence-corrected chi connectivity index (χ3v) is 3.26. The summed E-state index contributed by atoms with van der Waals surface area (Å²) in [6.45, 7) is 2.52. The summed E-state index contributed by atoms with van der Waals surface area (Å²) in [6, 6.07) is 9.31. The maximum absolute atomic E-state index is 10.8. The van der Waals surface area contributed by atoms with Crippen molar-refractivity contribution in [3.8, 4) is 16.2 Å². The van der Waals surface area contributed by atoms with E-state index in [4.69, 9.17) is 9.84 Å². The molecule has 1 aromatic heterocycles. The molecule has 0 saturated heterocycles. The molecule has 0 aliphatic rings. The van der Waals surface area contributed by atoms with E-state index in [2.05, 4.69) is 0 Å². The molecule has 88 valence electrons. The van der Waals surface area contributed by atoms with Gasteiger partial charge >= 0.3 is 5.97 Å². The quantitative estimate of drug-likeness (QED) is 0.900. The maximum atomic E-state index is 10.8. The maximum Gasteiger partial charge on any atom is 0.336 e. The number of benzene rings is 1. The largest absolute Gasteiger partial charge is 0.493 e. The van der Waals surface area contributed by atoms with E-state index in [9.17, 15) is 4.79 Å². The Bertz CT molecular complexity index is 531. The topological polar surface area (TPSA) is 46.5 Å². The summed E-state index contributed by atoms with van der Waals surface area (Å²) < 4.78 is 5.52. The first kappa shape index (κ1) is 11.7. The van der Waals surface area contributed by atoms with Gasteiger partial charge in [-0.05, 0) is 25.1 Å². The number of aromatic carboxylic acids is 1. The number of carbonyl (C=O) groups is 1. The van der Waals surface area contributed by atoms with Crippen molar-refractivity contribution in [3.05, 3.63) is 41.3 Å². The molecule has 0 saturated carbocycles. The molecule has 1 N–H and O–H groups in total. The second-order valence-electron chi connectivity index (χ2n) is 3.43. The molecular weight excluding hydrogens is 236 g/mol. The van der Waals surface area contributed by atoms with Crippen LogP contribution >= 0.6 is 11.3 Å². The molecule has 3 nitrogen and oxygen atoms in total.